The van der Waals surface area contributed by atoms with E-state index < -0.39 is 11.3 Å². The second kappa shape index (κ2) is 8.95. The van der Waals surface area contributed by atoms with Crippen molar-refractivity contribution in [2.24, 2.45) is 0 Å². The van der Waals surface area contributed by atoms with Gasteiger partial charge in [-0.25, -0.2) is 4.79 Å². The number of ether oxygens (including phenoxy) is 2. The standard InChI is InChI=1S/C24H37NO3S2/c1-17(2)18-9-11-19(12-10-18)24(29-13-8-14-30-24)15-20-16-27-23(6,7)25(20)21(26)28-22(3,4)5/h9-12,17,20H,8,13-16H2,1-7H3/t20-/m1/s1. The van der Waals surface area contributed by atoms with Crippen molar-refractivity contribution in [1.29, 1.82) is 0 Å². The topological polar surface area (TPSA) is 38.8 Å². The summed E-state index contributed by atoms with van der Waals surface area (Å²) in [7, 11) is 0. The molecule has 0 radical (unpaired) electrons. The molecule has 4 nitrogen and oxygen atoms in total. The van der Waals surface area contributed by atoms with Crippen LogP contribution in [0.4, 0.5) is 4.79 Å². The number of thioether (sulfide) groups is 2. The highest BCUT2D eigenvalue weighted by molar-refractivity contribution is 8.18. The Labute approximate surface area is 190 Å². The summed E-state index contributed by atoms with van der Waals surface area (Å²) < 4.78 is 11.8. The smallest absolute Gasteiger partial charge is 0.412 e. The number of rotatable bonds is 4. The van der Waals surface area contributed by atoms with Crippen LogP contribution in [-0.2, 0) is 13.6 Å². The van der Waals surface area contributed by atoms with E-state index in [9.17, 15) is 4.79 Å². The van der Waals surface area contributed by atoms with Crippen LogP contribution in [0.1, 0.15) is 78.4 Å². The Hall–Kier alpha value is -0.850. The van der Waals surface area contributed by atoms with Crippen LogP contribution < -0.4 is 0 Å². The van der Waals surface area contributed by atoms with E-state index in [0.29, 0.717) is 12.5 Å². The molecule has 1 aromatic carbocycles. The van der Waals surface area contributed by atoms with Gasteiger partial charge < -0.3 is 9.47 Å². The van der Waals surface area contributed by atoms with Gasteiger partial charge >= 0.3 is 6.09 Å². The van der Waals surface area contributed by atoms with Gasteiger partial charge in [0, 0.05) is 0 Å². The van der Waals surface area contributed by atoms with Crippen molar-refractivity contribution < 1.29 is 14.3 Å². The summed E-state index contributed by atoms with van der Waals surface area (Å²) in [6.45, 7) is 14.7. The van der Waals surface area contributed by atoms with Crippen molar-refractivity contribution in [2.45, 2.75) is 88.7 Å². The van der Waals surface area contributed by atoms with E-state index in [2.05, 4.69) is 38.1 Å². The number of nitrogens with zero attached hydrogens (tertiary/aromatic N) is 1. The lowest BCUT2D eigenvalue weighted by molar-refractivity contribution is -0.0627. The second-order valence-electron chi connectivity index (χ2n) is 10.0. The Morgan fingerprint density at radius 2 is 1.80 bits per heavy atom. The first-order valence-corrected chi connectivity index (χ1v) is 13.0. The molecular formula is C24H37NO3S2. The molecule has 2 aliphatic heterocycles. The normalized spacial score (nSPS) is 23.6. The predicted molar refractivity (Wildman–Crippen MR) is 128 cm³/mol. The van der Waals surface area contributed by atoms with Gasteiger partial charge in [0.25, 0.3) is 0 Å². The summed E-state index contributed by atoms with van der Waals surface area (Å²) in [5.74, 6) is 2.80. The molecule has 0 saturated carbocycles. The fraction of sp³-hybridized carbons (Fsp3) is 0.708. The summed E-state index contributed by atoms with van der Waals surface area (Å²) in [6.07, 6.45) is 1.79. The molecule has 0 N–H and O–H groups in total. The van der Waals surface area contributed by atoms with Crippen molar-refractivity contribution in [3.8, 4) is 0 Å². The monoisotopic (exact) mass is 451 g/mol. The maximum Gasteiger partial charge on any atom is 0.412 e. The Balaban J connectivity index is 1.89. The summed E-state index contributed by atoms with van der Waals surface area (Å²) in [6, 6.07) is 9.09. The highest BCUT2D eigenvalue weighted by Crippen LogP contribution is 2.54. The SMILES string of the molecule is CC(C)c1ccc(C2(C[C@@H]3COC(C)(C)N3C(=O)OC(C)(C)C)SCCCS2)cc1. The van der Waals surface area contributed by atoms with E-state index in [-0.39, 0.29) is 16.2 Å². The minimum absolute atomic E-state index is 0.0160. The molecular weight excluding hydrogens is 414 g/mol. The Morgan fingerprint density at radius 3 is 2.33 bits per heavy atom. The Bertz CT molecular complexity index is 734. The minimum atomic E-state index is -0.667. The Morgan fingerprint density at radius 1 is 1.20 bits per heavy atom. The number of benzene rings is 1. The molecule has 3 rings (SSSR count). The molecule has 0 bridgehead atoms. The third-order valence-corrected chi connectivity index (χ3v) is 9.08. The molecule has 1 amide bonds. The average Bonchev–Trinajstić information content (AvgIpc) is 2.95. The molecule has 1 atom stereocenters. The van der Waals surface area contributed by atoms with Crippen molar-refractivity contribution >= 4 is 29.6 Å². The molecule has 30 heavy (non-hydrogen) atoms. The molecule has 2 saturated heterocycles. The van der Waals surface area contributed by atoms with Crippen molar-refractivity contribution in [2.75, 3.05) is 18.1 Å². The summed E-state index contributed by atoms with van der Waals surface area (Å²) >= 11 is 4.04. The molecule has 1 aromatic rings. The first kappa shape index (κ1) is 23.8. The van der Waals surface area contributed by atoms with Crippen LogP contribution in [0.3, 0.4) is 0 Å². The molecule has 168 valence electrons. The lowest BCUT2D eigenvalue weighted by Gasteiger charge is -2.41. The number of carbonyl (C=O) groups is 1. The largest absolute Gasteiger partial charge is 0.444 e. The average molecular weight is 452 g/mol. The van der Waals surface area contributed by atoms with Gasteiger partial charge in [0.1, 0.15) is 11.3 Å². The van der Waals surface area contributed by atoms with Crippen LogP contribution in [0.25, 0.3) is 0 Å². The van der Waals surface area contributed by atoms with Gasteiger partial charge in [0.05, 0.1) is 16.7 Å². The summed E-state index contributed by atoms with van der Waals surface area (Å²) in [5.41, 5.74) is 1.51. The number of carbonyl (C=O) groups excluding carboxylic acids is 1. The van der Waals surface area contributed by atoms with E-state index in [0.717, 1.165) is 17.9 Å². The Kier molecular flexibility index (Phi) is 7.10. The van der Waals surface area contributed by atoms with E-state index in [1.165, 1.54) is 17.5 Å². The van der Waals surface area contributed by atoms with E-state index in [4.69, 9.17) is 9.47 Å². The van der Waals surface area contributed by atoms with Gasteiger partial charge in [0.15, 0.2) is 0 Å². The summed E-state index contributed by atoms with van der Waals surface area (Å²) in [4.78, 5) is 14.9. The first-order valence-electron chi connectivity index (χ1n) is 11.0. The number of hydrogen-bond acceptors (Lipinski definition) is 5. The molecule has 2 fully saturated rings. The van der Waals surface area contributed by atoms with E-state index in [1.807, 2.05) is 63.0 Å². The van der Waals surface area contributed by atoms with E-state index >= 15 is 0 Å². The molecule has 6 heteroatoms. The van der Waals surface area contributed by atoms with Gasteiger partial charge in [-0.15, -0.1) is 23.5 Å². The third kappa shape index (κ3) is 5.31. The zero-order valence-electron chi connectivity index (χ0n) is 19.5. The lowest BCUT2D eigenvalue weighted by atomic mass is 9.98. The van der Waals surface area contributed by atoms with Crippen LogP contribution in [0, 0.1) is 0 Å². The molecule has 0 spiro atoms. The zero-order chi connectivity index (χ0) is 22.2. The fourth-order valence-electron chi connectivity index (χ4n) is 4.12. The minimum Gasteiger partial charge on any atom is -0.444 e. The highest BCUT2D eigenvalue weighted by atomic mass is 32.2. The maximum absolute atomic E-state index is 13.1. The van der Waals surface area contributed by atoms with Crippen LogP contribution in [0.5, 0.6) is 0 Å². The molecule has 0 aromatic heterocycles. The molecule has 2 heterocycles. The van der Waals surface area contributed by atoms with Crippen LogP contribution in [0.15, 0.2) is 24.3 Å². The fourth-order valence-corrected chi connectivity index (χ4v) is 7.60. The van der Waals surface area contributed by atoms with Gasteiger partial charge in [0.2, 0.25) is 0 Å². The molecule has 0 aliphatic carbocycles. The first-order chi connectivity index (χ1) is 13.9. The zero-order valence-corrected chi connectivity index (χ0v) is 21.1. The van der Waals surface area contributed by atoms with Gasteiger partial charge in [-0.1, -0.05) is 38.1 Å². The van der Waals surface area contributed by atoms with Gasteiger partial charge in [-0.2, -0.15) is 0 Å². The van der Waals surface area contributed by atoms with Gasteiger partial charge in [-0.05, 0) is 76.0 Å². The van der Waals surface area contributed by atoms with Crippen LogP contribution in [-0.4, -0.2) is 46.5 Å². The number of hydrogen-bond donors (Lipinski definition) is 0. The van der Waals surface area contributed by atoms with Crippen molar-refractivity contribution in [3.05, 3.63) is 35.4 Å². The quantitative estimate of drug-likeness (QED) is 0.516. The van der Waals surface area contributed by atoms with Gasteiger partial charge in [-0.3, -0.25) is 4.90 Å². The van der Waals surface area contributed by atoms with E-state index in [1.54, 1.807) is 0 Å². The van der Waals surface area contributed by atoms with Crippen LogP contribution in [0.2, 0.25) is 0 Å². The van der Waals surface area contributed by atoms with Crippen LogP contribution >= 0.6 is 23.5 Å². The third-order valence-electron chi connectivity index (χ3n) is 5.65. The molecule has 2 aliphatic rings. The van der Waals surface area contributed by atoms with Crippen molar-refractivity contribution in [1.82, 2.24) is 4.90 Å². The molecule has 0 unspecified atom stereocenters. The predicted octanol–water partition coefficient (Wildman–Crippen LogP) is 6.60. The lowest BCUT2D eigenvalue weighted by Crippen LogP contribution is -2.51. The second-order valence-corrected chi connectivity index (χ2v) is 13.1. The van der Waals surface area contributed by atoms with Crippen molar-refractivity contribution in [3.63, 3.8) is 0 Å². The summed E-state index contributed by atoms with van der Waals surface area (Å²) in [5, 5.41) is 0. The maximum atomic E-state index is 13.1. The number of amides is 1. The highest BCUT2D eigenvalue weighted by Gasteiger charge is 2.49.